The molecule has 0 heterocycles. The zero-order chi connectivity index (χ0) is 7.52. The summed E-state index contributed by atoms with van der Waals surface area (Å²) in [5.41, 5.74) is 0. The molecule has 0 spiro atoms. The van der Waals surface area contributed by atoms with Crippen LogP contribution in [0.15, 0.2) is 0 Å². The van der Waals surface area contributed by atoms with Crippen molar-refractivity contribution in [3.8, 4) is 0 Å². The fourth-order valence-corrected chi connectivity index (χ4v) is 2.26. The van der Waals surface area contributed by atoms with Gasteiger partial charge in [0.25, 0.3) is 0 Å². The minimum atomic E-state index is 1.09. The van der Waals surface area contributed by atoms with Gasteiger partial charge in [0.2, 0.25) is 0 Å². The molecule has 0 N–H and O–H groups in total. The molecule has 0 atom stereocenters. The molecule has 0 amide bonds. The summed E-state index contributed by atoms with van der Waals surface area (Å²) < 4.78 is 0. The summed E-state index contributed by atoms with van der Waals surface area (Å²) in [6, 6.07) is 0. The maximum atomic E-state index is 1.93. The smallest absolute Gasteiger partial charge is 0.0210 e. The van der Waals surface area contributed by atoms with Crippen LogP contribution in [0.3, 0.4) is 0 Å². The summed E-state index contributed by atoms with van der Waals surface area (Å²) in [5.74, 6) is 3.03. The van der Waals surface area contributed by atoms with Crippen molar-refractivity contribution in [3.63, 3.8) is 0 Å². The summed E-state index contributed by atoms with van der Waals surface area (Å²) in [4.78, 5) is 0. The lowest BCUT2D eigenvalue weighted by molar-refractivity contribution is 0.498. The van der Waals surface area contributed by atoms with E-state index in [1.165, 1.54) is 57.8 Å². The van der Waals surface area contributed by atoms with Gasteiger partial charge in [0.15, 0.2) is 0 Å². The second kappa shape index (κ2) is 3.60. The fraction of sp³-hybridized carbons (Fsp3) is 0.909. The number of rotatable bonds is 1. The normalized spacial score (nSPS) is 29.5. The first-order valence-corrected chi connectivity index (χ1v) is 5.31. The Kier molecular flexibility index (Phi) is 2.50. The third kappa shape index (κ3) is 2.21. The lowest BCUT2D eigenvalue weighted by Gasteiger charge is -2.17. The van der Waals surface area contributed by atoms with E-state index in [-0.39, 0.29) is 0 Å². The first-order valence-electron chi connectivity index (χ1n) is 5.31. The van der Waals surface area contributed by atoms with Crippen LogP contribution < -0.4 is 0 Å². The Balaban J connectivity index is 1.76. The van der Waals surface area contributed by atoms with Crippen LogP contribution in [0.1, 0.15) is 57.8 Å². The molecule has 2 fully saturated rings. The number of hydrogen-bond acceptors (Lipinski definition) is 0. The molecule has 0 bridgehead atoms. The van der Waals surface area contributed by atoms with Crippen molar-refractivity contribution >= 4 is 0 Å². The SMILES string of the molecule is C1CCC[C](C2CC2)CCC1. The van der Waals surface area contributed by atoms with Crippen molar-refractivity contribution in [3.05, 3.63) is 5.92 Å². The molecule has 2 aliphatic rings. The molecule has 2 rings (SSSR count). The first-order chi connectivity index (χ1) is 5.47. The van der Waals surface area contributed by atoms with Gasteiger partial charge in [-0.2, -0.15) is 0 Å². The highest BCUT2D eigenvalue weighted by Crippen LogP contribution is 2.44. The Morgan fingerprint density at radius 1 is 0.727 bits per heavy atom. The number of hydrogen-bond donors (Lipinski definition) is 0. The van der Waals surface area contributed by atoms with E-state index >= 15 is 0 Å². The van der Waals surface area contributed by atoms with Crippen molar-refractivity contribution in [2.24, 2.45) is 5.92 Å². The minimum absolute atomic E-state index is 1.09. The van der Waals surface area contributed by atoms with Crippen molar-refractivity contribution in [1.29, 1.82) is 0 Å². The van der Waals surface area contributed by atoms with Crippen LogP contribution in [0.4, 0.5) is 0 Å². The summed E-state index contributed by atoms with van der Waals surface area (Å²) in [7, 11) is 0. The predicted molar refractivity (Wildman–Crippen MR) is 48.3 cm³/mol. The molecule has 0 aromatic rings. The molecular formula is C11H19. The summed E-state index contributed by atoms with van der Waals surface area (Å²) in [6.45, 7) is 0. The van der Waals surface area contributed by atoms with Gasteiger partial charge in [0, 0.05) is 0 Å². The lowest BCUT2D eigenvalue weighted by atomic mass is 9.88. The van der Waals surface area contributed by atoms with Crippen LogP contribution in [-0.4, -0.2) is 0 Å². The molecule has 2 aliphatic carbocycles. The molecule has 63 valence electrons. The maximum absolute atomic E-state index is 1.93. The van der Waals surface area contributed by atoms with Gasteiger partial charge in [-0.1, -0.05) is 32.1 Å². The van der Waals surface area contributed by atoms with Crippen molar-refractivity contribution < 1.29 is 0 Å². The first kappa shape index (κ1) is 7.64. The molecule has 2 saturated carbocycles. The summed E-state index contributed by atoms with van der Waals surface area (Å²) >= 11 is 0. The van der Waals surface area contributed by atoms with Crippen molar-refractivity contribution in [2.45, 2.75) is 57.8 Å². The van der Waals surface area contributed by atoms with E-state index in [4.69, 9.17) is 0 Å². The quantitative estimate of drug-likeness (QED) is 0.536. The molecular weight excluding hydrogens is 132 g/mol. The van der Waals surface area contributed by atoms with Gasteiger partial charge in [-0.3, -0.25) is 0 Å². The van der Waals surface area contributed by atoms with Crippen LogP contribution >= 0.6 is 0 Å². The molecule has 0 nitrogen and oxygen atoms in total. The Labute approximate surface area is 70.4 Å². The van der Waals surface area contributed by atoms with Crippen LogP contribution in [0.5, 0.6) is 0 Å². The molecule has 0 unspecified atom stereocenters. The molecule has 0 aliphatic heterocycles. The fourth-order valence-electron chi connectivity index (χ4n) is 2.26. The van der Waals surface area contributed by atoms with E-state index in [9.17, 15) is 0 Å². The molecule has 0 aromatic heterocycles. The lowest BCUT2D eigenvalue weighted by Crippen LogP contribution is -2.02. The largest absolute Gasteiger partial charge is 0.0533 e. The monoisotopic (exact) mass is 151 g/mol. The Morgan fingerprint density at radius 2 is 1.27 bits per heavy atom. The standard InChI is InChI=1S/C11H19/c1-2-4-6-10(7-5-3-1)11-8-9-11/h11H,1-9H2. The van der Waals surface area contributed by atoms with Gasteiger partial charge in [-0.25, -0.2) is 0 Å². The van der Waals surface area contributed by atoms with Crippen LogP contribution in [-0.2, 0) is 0 Å². The van der Waals surface area contributed by atoms with Gasteiger partial charge in [0.05, 0.1) is 0 Å². The van der Waals surface area contributed by atoms with E-state index in [0.29, 0.717) is 0 Å². The molecule has 0 heteroatoms. The van der Waals surface area contributed by atoms with Crippen LogP contribution in [0.2, 0.25) is 0 Å². The average Bonchev–Trinajstić information content (AvgIpc) is 2.68. The van der Waals surface area contributed by atoms with Gasteiger partial charge in [-0.05, 0) is 37.5 Å². The zero-order valence-electron chi connectivity index (χ0n) is 7.44. The highest BCUT2D eigenvalue weighted by molar-refractivity contribution is 5.03. The Bertz CT molecular complexity index is 105. The topological polar surface area (TPSA) is 0 Å². The average molecular weight is 151 g/mol. The predicted octanol–water partition coefficient (Wildman–Crippen LogP) is 3.72. The third-order valence-corrected chi connectivity index (χ3v) is 3.15. The highest BCUT2D eigenvalue weighted by Gasteiger charge is 2.30. The van der Waals surface area contributed by atoms with Crippen LogP contribution in [0, 0.1) is 11.8 Å². The maximum Gasteiger partial charge on any atom is -0.0210 e. The highest BCUT2D eigenvalue weighted by atomic mass is 14.4. The van der Waals surface area contributed by atoms with Crippen molar-refractivity contribution in [1.82, 2.24) is 0 Å². The molecule has 0 saturated heterocycles. The van der Waals surface area contributed by atoms with E-state index in [1.54, 1.807) is 0 Å². The molecule has 11 heavy (non-hydrogen) atoms. The Morgan fingerprint density at radius 3 is 1.82 bits per heavy atom. The van der Waals surface area contributed by atoms with Crippen LogP contribution in [0.25, 0.3) is 0 Å². The summed E-state index contributed by atoms with van der Waals surface area (Å²) in [5, 5.41) is 0. The van der Waals surface area contributed by atoms with E-state index in [1.807, 2.05) is 5.92 Å². The summed E-state index contributed by atoms with van der Waals surface area (Å²) in [6.07, 6.45) is 13.5. The van der Waals surface area contributed by atoms with Crippen molar-refractivity contribution in [2.75, 3.05) is 0 Å². The van der Waals surface area contributed by atoms with E-state index < -0.39 is 0 Å². The molecule has 0 aromatic carbocycles. The van der Waals surface area contributed by atoms with Gasteiger partial charge in [0.1, 0.15) is 0 Å². The Hall–Kier alpha value is 0. The van der Waals surface area contributed by atoms with Gasteiger partial charge >= 0.3 is 0 Å². The third-order valence-electron chi connectivity index (χ3n) is 3.15. The van der Waals surface area contributed by atoms with E-state index in [2.05, 4.69) is 0 Å². The van der Waals surface area contributed by atoms with Gasteiger partial charge in [-0.15, -0.1) is 0 Å². The second-order valence-electron chi connectivity index (χ2n) is 4.20. The van der Waals surface area contributed by atoms with E-state index in [0.717, 1.165) is 5.92 Å². The minimum Gasteiger partial charge on any atom is -0.0533 e. The zero-order valence-corrected chi connectivity index (χ0v) is 7.44. The van der Waals surface area contributed by atoms with Gasteiger partial charge < -0.3 is 0 Å². The molecule has 1 radical (unpaired) electrons. The second-order valence-corrected chi connectivity index (χ2v) is 4.20.